The number of carbonyl (C=O) groups excluding carboxylic acids is 2. The van der Waals surface area contributed by atoms with Gasteiger partial charge in [-0.3, -0.25) is 4.79 Å². The van der Waals surface area contributed by atoms with E-state index in [-0.39, 0.29) is 23.6 Å². The molecule has 0 bridgehead atoms. The van der Waals surface area contributed by atoms with Crippen molar-refractivity contribution in [3.8, 4) is 0 Å². The van der Waals surface area contributed by atoms with Crippen LogP contribution in [0.2, 0.25) is 0 Å². The van der Waals surface area contributed by atoms with Crippen LogP contribution in [0.25, 0.3) is 0 Å². The molecule has 1 heterocycles. The van der Waals surface area contributed by atoms with Crippen molar-refractivity contribution < 1.29 is 18.4 Å². The number of hydrogen-bond acceptors (Lipinski definition) is 2. The minimum Gasteiger partial charge on any atom is -0.353 e. The van der Waals surface area contributed by atoms with Crippen molar-refractivity contribution >= 4 is 17.6 Å². The molecule has 7 heteroatoms. The third-order valence-electron chi connectivity index (χ3n) is 5.28. The Morgan fingerprint density at radius 2 is 1.69 bits per heavy atom. The first-order valence-electron chi connectivity index (χ1n) is 9.34. The first kappa shape index (κ1) is 18.6. The van der Waals surface area contributed by atoms with Gasteiger partial charge in [-0.15, -0.1) is 0 Å². The number of amides is 3. The van der Waals surface area contributed by atoms with Gasteiger partial charge >= 0.3 is 6.03 Å². The van der Waals surface area contributed by atoms with Crippen LogP contribution in [-0.2, 0) is 4.79 Å². The molecule has 1 aliphatic heterocycles. The van der Waals surface area contributed by atoms with Gasteiger partial charge in [-0.05, 0) is 37.8 Å². The molecule has 0 aromatic heterocycles. The van der Waals surface area contributed by atoms with E-state index in [4.69, 9.17) is 0 Å². The molecule has 2 N–H and O–H groups in total. The Labute approximate surface area is 152 Å². The summed E-state index contributed by atoms with van der Waals surface area (Å²) in [5, 5.41) is 5.59. The molecule has 1 saturated carbocycles. The Morgan fingerprint density at radius 3 is 2.35 bits per heavy atom. The molecular formula is C19H25F2N3O2. The highest BCUT2D eigenvalue weighted by Crippen LogP contribution is 2.24. The van der Waals surface area contributed by atoms with Crippen LogP contribution in [-0.4, -0.2) is 36.0 Å². The number of halogens is 2. The van der Waals surface area contributed by atoms with Crippen LogP contribution < -0.4 is 10.6 Å². The van der Waals surface area contributed by atoms with Crippen LogP contribution in [0.15, 0.2) is 18.2 Å². The summed E-state index contributed by atoms with van der Waals surface area (Å²) < 4.78 is 26.6. The van der Waals surface area contributed by atoms with Crippen molar-refractivity contribution in [3.05, 3.63) is 29.8 Å². The summed E-state index contributed by atoms with van der Waals surface area (Å²) in [6, 6.07) is 2.72. The zero-order chi connectivity index (χ0) is 18.5. The predicted octanol–water partition coefficient (Wildman–Crippen LogP) is 3.66. The summed E-state index contributed by atoms with van der Waals surface area (Å²) in [7, 11) is 0. The SMILES string of the molecule is O=C(NC1CCN(C(=O)Nc2ccc(F)cc2F)CC1)C1CCCCC1. The van der Waals surface area contributed by atoms with E-state index in [1.165, 1.54) is 12.5 Å². The third-order valence-corrected chi connectivity index (χ3v) is 5.28. The lowest BCUT2D eigenvalue weighted by atomic mass is 9.88. The minimum atomic E-state index is -0.798. The lowest BCUT2D eigenvalue weighted by molar-refractivity contribution is -0.126. The van der Waals surface area contributed by atoms with Crippen molar-refractivity contribution in [1.29, 1.82) is 0 Å². The fourth-order valence-corrected chi connectivity index (χ4v) is 3.70. The van der Waals surface area contributed by atoms with Gasteiger partial charge in [0.2, 0.25) is 5.91 Å². The molecule has 0 spiro atoms. The topological polar surface area (TPSA) is 61.4 Å². The van der Waals surface area contributed by atoms with Crippen molar-refractivity contribution in [2.45, 2.75) is 51.0 Å². The maximum atomic E-state index is 13.6. The number of piperidine rings is 1. The van der Waals surface area contributed by atoms with Crippen LogP contribution in [0, 0.1) is 17.6 Å². The van der Waals surface area contributed by atoms with E-state index < -0.39 is 17.7 Å². The van der Waals surface area contributed by atoms with Crippen molar-refractivity contribution in [3.63, 3.8) is 0 Å². The van der Waals surface area contributed by atoms with E-state index in [1.807, 2.05) is 0 Å². The molecule has 5 nitrogen and oxygen atoms in total. The van der Waals surface area contributed by atoms with Crippen LogP contribution in [0.1, 0.15) is 44.9 Å². The number of anilines is 1. The molecule has 1 saturated heterocycles. The van der Waals surface area contributed by atoms with E-state index in [1.54, 1.807) is 4.90 Å². The lowest BCUT2D eigenvalue weighted by Gasteiger charge is -2.33. The molecule has 3 amide bonds. The van der Waals surface area contributed by atoms with Crippen LogP contribution in [0.5, 0.6) is 0 Å². The average molecular weight is 365 g/mol. The number of benzene rings is 1. The van der Waals surface area contributed by atoms with Crippen molar-refractivity contribution in [2.24, 2.45) is 5.92 Å². The molecule has 142 valence electrons. The molecule has 2 fully saturated rings. The fraction of sp³-hybridized carbons (Fsp3) is 0.579. The van der Waals surface area contributed by atoms with Gasteiger partial charge in [-0.2, -0.15) is 0 Å². The second-order valence-corrected chi connectivity index (χ2v) is 7.16. The molecule has 0 radical (unpaired) electrons. The second-order valence-electron chi connectivity index (χ2n) is 7.16. The van der Waals surface area contributed by atoms with E-state index in [0.29, 0.717) is 25.9 Å². The van der Waals surface area contributed by atoms with Crippen LogP contribution in [0.3, 0.4) is 0 Å². The molecule has 2 aliphatic rings. The molecule has 0 atom stereocenters. The van der Waals surface area contributed by atoms with E-state index >= 15 is 0 Å². The third kappa shape index (κ3) is 4.71. The maximum absolute atomic E-state index is 13.6. The quantitative estimate of drug-likeness (QED) is 0.859. The number of rotatable bonds is 3. The van der Waals surface area contributed by atoms with Gasteiger partial charge in [0.25, 0.3) is 0 Å². The summed E-state index contributed by atoms with van der Waals surface area (Å²) in [6.07, 6.45) is 6.75. The van der Waals surface area contributed by atoms with Crippen molar-refractivity contribution in [1.82, 2.24) is 10.2 Å². The van der Waals surface area contributed by atoms with Gasteiger partial charge in [0.1, 0.15) is 11.6 Å². The molecule has 1 aliphatic carbocycles. The highest BCUT2D eigenvalue weighted by Gasteiger charge is 2.27. The zero-order valence-electron chi connectivity index (χ0n) is 14.8. The van der Waals surface area contributed by atoms with Gasteiger partial charge in [0, 0.05) is 31.1 Å². The Hall–Kier alpha value is -2.18. The van der Waals surface area contributed by atoms with Gasteiger partial charge in [0.15, 0.2) is 0 Å². The van der Waals surface area contributed by atoms with Crippen molar-refractivity contribution in [2.75, 3.05) is 18.4 Å². The van der Waals surface area contributed by atoms with Crippen LogP contribution in [0.4, 0.5) is 19.3 Å². The van der Waals surface area contributed by atoms with E-state index in [2.05, 4.69) is 10.6 Å². The Morgan fingerprint density at radius 1 is 1.00 bits per heavy atom. The summed E-state index contributed by atoms with van der Waals surface area (Å²) in [5.41, 5.74) is -0.0378. The summed E-state index contributed by atoms with van der Waals surface area (Å²) in [6.45, 7) is 0.981. The number of urea groups is 1. The smallest absolute Gasteiger partial charge is 0.321 e. The maximum Gasteiger partial charge on any atom is 0.321 e. The summed E-state index contributed by atoms with van der Waals surface area (Å²) in [5.74, 6) is -1.21. The molecule has 0 unspecified atom stereocenters. The number of nitrogens with zero attached hydrogens (tertiary/aromatic N) is 1. The molecule has 1 aromatic rings. The number of likely N-dealkylation sites (tertiary alicyclic amines) is 1. The number of hydrogen-bond donors (Lipinski definition) is 2. The highest BCUT2D eigenvalue weighted by atomic mass is 19.1. The Balaban J connectivity index is 1.45. The minimum absolute atomic E-state index is 0.0378. The van der Waals surface area contributed by atoms with E-state index in [0.717, 1.165) is 37.8 Å². The van der Waals surface area contributed by atoms with Gasteiger partial charge < -0.3 is 15.5 Å². The van der Waals surface area contributed by atoms with Gasteiger partial charge in [-0.1, -0.05) is 19.3 Å². The Kier molecular flexibility index (Phi) is 6.06. The summed E-state index contributed by atoms with van der Waals surface area (Å²) >= 11 is 0. The van der Waals surface area contributed by atoms with Gasteiger partial charge in [-0.25, -0.2) is 13.6 Å². The number of carbonyl (C=O) groups is 2. The predicted molar refractivity (Wildman–Crippen MR) is 94.7 cm³/mol. The van der Waals surface area contributed by atoms with Gasteiger partial charge in [0.05, 0.1) is 5.69 Å². The Bertz CT molecular complexity index is 654. The lowest BCUT2D eigenvalue weighted by Crippen LogP contribution is -2.49. The first-order valence-corrected chi connectivity index (χ1v) is 9.34. The number of nitrogens with one attached hydrogen (secondary N) is 2. The molecule has 1 aromatic carbocycles. The standard InChI is InChI=1S/C19H25F2N3O2/c20-14-6-7-17(16(21)12-14)23-19(26)24-10-8-15(9-11-24)22-18(25)13-4-2-1-3-5-13/h6-7,12-13,15H,1-5,8-11H2,(H,22,25)(H,23,26). The second kappa shape index (κ2) is 8.47. The van der Waals surface area contributed by atoms with E-state index in [9.17, 15) is 18.4 Å². The zero-order valence-corrected chi connectivity index (χ0v) is 14.8. The molecule has 26 heavy (non-hydrogen) atoms. The average Bonchev–Trinajstić information content (AvgIpc) is 2.65. The largest absolute Gasteiger partial charge is 0.353 e. The van der Waals surface area contributed by atoms with Crippen LogP contribution >= 0.6 is 0 Å². The fourth-order valence-electron chi connectivity index (χ4n) is 3.70. The molecule has 3 rings (SSSR count). The monoisotopic (exact) mass is 365 g/mol. The first-order chi connectivity index (χ1) is 12.5. The summed E-state index contributed by atoms with van der Waals surface area (Å²) in [4.78, 5) is 26.1. The normalized spacial score (nSPS) is 19.2. The molecular weight excluding hydrogens is 340 g/mol. The highest BCUT2D eigenvalue weighted by molar-refractivity contribution is 5.89.